The van der Waals surface area contributed by atoms with Gasteiger partial charge < -0.3 is 5.73 Å². The summed E-state index contributed by atoms with van der Waals surface area (Å²) in [6.45, 7) is 1.90. The minimum absolute atomic E-state index is 0.0696. The fourth-order valence-electron chi connectivity index (χ4n) is 4.37. The number of fused-ring (bicyclic) bond motifs is 1. The average Bonchev–Trinajstić information content (AvgIpc) is 2.67. The Morgan fingerprint density at radius 1 is 1.07 bits per heavy atom. The van der Waals surface area contributed by atoms with Crippen molar-refractivity contribution in [2.75, 3.05) is 11.5 Å². The zero-order valence-corrected chi connectivity index (χ0v) is 18.1. The highest BCUT2D eigenvalue weighted by Gasteiger charge is 2.27. The van der Waals surface area contributed by atoms with Crippen LogP contribution < -0.4 is 5.73 Å². The van der Waals surface area contributed by atoms with Crippen molar-refractivity contribution in [2.45, 2.75) is 63.8 Å². The first kappa shape index (κ1) is 22.0. The quantitative estimate of drug-likeness (QED) is 0.608. The van der Waals surface area contributed by atoms with Gasteiger partial charge in [-0.15, -0.1) is 0 Å². The summed E-state index contributed by atoms with van der Waals surface area (Å²) in [5, 5.41) is 0. The van der Waals surface area contributed by atoms with Crippen LogP contribution in [0.25, 0.3) is 0 Å². The van der Waals surface area contributed by atoms with E-state index >= 15 is 0 Å². The molecule has 2 N–H and O–H groups in total. The molecule has 1 aliphatic rings. The average molecular weight is 418 g/mol. The zero-order chi connectivity index (χ0) is 20.9. The van der Waals surface area contributed by atoms with Crippen LogP contribution in [-0.4, -0.2) is 26.0 Å². The first-order chi connectivity index (χ1) is 13.9. The molecule has 0 fully saturated rings. The van der Waals surface area contributed by atoms with E-state index in [1.807, 2.05) is 13.0 Å². The van der Waals surface area contributed by atoms with E-state index in [1.165, 1.54) is 22.8 Å². The molecule has 3 rings (SSSR count). The van der Waals surface area contributed by atoms with Crippen molar-refractivity contribution >= 4 is 9.84 Å². The number of sulfone groups is 1. The molecule has 0 amide bonds. The molecule has 0 saturated carbocycles. The molecule has 158 valence electrons. The number of hydrogen-bond acceptors (Lipinski definition) is 3. The van der Waals surface area contributed by atoms with Gasteiger partial charge in [-0.25, -0.2) is 12.8 Å². The lowest BCUT2D eigenvalue weighted by molar-refractivity contribution is 0.466. The van der Waals surface area contributed by atoms with Crippen molar-refractivity contribution in [1.29, 1.82) is 0 Å². The molecule has 0 bridgehead atoms. The Kier molecular flexibility index (Phi) is 7.47. The van der Waals surface area contributed by atoms with E-state index in [4.69, 9.17) is 5.73 Å². The van der Waals surface area contributed by atoms with Crippen molar-refractivity contribution in [1.82, 2.24) is 0 Å². The normalized spacial score (nSPS) is 19.1. The maximum absolute atomic E-state index is 13.6. The lowest BCUT2D eigenvalue weighted by Crippen LogP contribution is -2.34. The minimum atomic E-state index is -2.90. The van der Waals surface area contributed by atoms with E-state index in [0.717, 1.165) is 37.7 Å². The van der Waals surface area contributed by atoms with E-state index in [1.54, 1.807) is 12.1 Å². The van der Waals surface area contributed by atoms with Crippen LogP contribution in [0, 0.1) is 5.82 Å². The Morgan fingerprint density at radius 2 is 1.90 bits per heavy atom. The van der Waals surface area contributed by atoms with E-state index in [2.05, 4.69) is 18.2 Å². The molecular formula is C24H32FNO2S. The molecule has 0 aromatic heterocycles. The van der Waals surface area contributed by atoms with Crippen LogP contribution in [0.2, 0.25) is 0 Å². The number of nitrogens with two attached hydrogens (primary N) is 1. The van der Waals surface area contributed by atoms with Gasteiger partial charge in [-0.2, -0.15) is 0 Å². The summed E-state index contributed by atoms with van der Waals surface area (Å²) in [6, 6.07) is 13.5. The van der Waals surface area contributed by atoms with Crippen LogP contribution >= 0.6 is 0 Å². The Labute approximate surface area is 174 Å². The zero-order valence-electron chi connectivity index (χ0n) is 17.2. The summed E-state index contributed by atoms with van der Waals surface area (Å²) >= 11 is 0. The molecule has 2 atom stereocenters. The first-order valence-electron chi connectivity index (χ1n) is 10.7. The monoisotopic (exact) mass is 417 g/mol. The van der Waals surface area contributed by atoms with Crippen molar-refractivity contribution < 1.29 is 12.8 Å². The third-order valence-corrected chi connectivity index (χ3v) is 7.85. The molecule has 0 saturated heterocycles. The minimum Gasteiger partial charge on any atom is -0.327 e. The fourth-order valence-corrected chi connectivity index (χ4v) is 5.84. The largest absolute Gasteiger partial charge is 0.327 e. The maximum Gasteiger partial charge on any atom is 0.150 e. The van der Waals surface area contributed by atoms with Gasteiger partial charge in [0.2, 0.25) is 0 Å². The van der Waals surface area contributed by atoms with Gasteiger partial charge in [0.15, 0.2) is 0 Å². The number of aryl methyl sites for hydroxylation is 2. The summed E-state index contributed by atoms with van der Waals surface area (Å²) < 4.78 is 37.3. The van der Waals surface area contributed by atoms with Crippen LogP contribution in [0.3, 0.4) is 0 Å². The highest BCUT2D eigenvalue weighted by atomic mass is 32.2. The van der Waals surface area contributed by atoms with Crippen molar-refractivity contribution in [3.8, 4) is 0 Å². The summed E-state index contributed by atoms with van der Waals surface area (Å²) in [7, 11) is -2.90. The summed E-state index contributed by atoms with van der Waals surface area (Å²) in [5.41, 5.74) is 11.3. The third kappa shape index (κ3) is 6.13. The van der Waals surface area contributed by atoms with Crippen LogP contribution in [0.15, 0.2) is 42.5 Å². The smallest absolute Gasteiger partial charge is 0.150 e. The van der Waals surface area contributed by atoms with Crippen LogP contribution in [0.4, 0.5) is 4.39 Å². The van der Waals surface area contributed by atoms with Gasteiger partial charge in [0.05, 0.1) is 5.75 Å². The predicted octanol–water partition coefficient (Wildman–Crippen LogP) is 4.57. The SMILES string of the molecule is CCCS(=O)(=O)CCCCc1ccc2c(c1)C(Cc1cccc(F)c1)C(N)CC2. The highest BCUT2D eigenvalue weighted by Crippen LogP contribution is 2.34. The molecule has 29 heavy (non-hydrogen) atoms. The van der Waals surface area contributed by atoms with Gasteiger partial charge in [-0.3, -0.25) is 0 Å². The Hall–Kier alpha value is -1.72. The molecule has 2 unspecified atom stereocenters. The van der Waals surface area contributed by atoms with Crippen LogP contribution in [-0.2, 0) is 29.1 Å². The number of hydrogen-bond donors (Lipinski definition) is 1. The summed E-state index contributed by atoms with van der Waals surface area (Å²) in [4.78, 5) is 0. The van der Waals surface area contributed by atoms with Gasteiger partial charge >= 0.3 is 0 Å². The second-order valence-corrected chi connectivity index (χ2v) is 10.6. The molecule has 2 aromatic carbocycles. The Bertz CT molecular complexity index is 926. The molecule has 0 heterocycles. The number of halogens is 1. The number of unbranched alkanes of at least 4 members (excludes halogenated alkanes) is 1. The van der Waals surface area contributed by atoms with E-state index < -0.39 is 9.84 Å². The molecule has 5 heteroatoms. The van der Waals surface area contributed by atoms with E-state index in [9.17, 15) is 12.8 Å². The molecule has 0 spiro atoms. The van der Waals surface area contributed by atoms with Crippen LogP contribution in [0.5, 0.6) is 0 Å². The second kappa shape index (κ2) is 9.86. The third-order valence-electron chi connectivity index (χ3n) is 5.90. The molecule has 0 aliphatic heterocycles. The molecule has 1 aliphatic carbocycles. The topological polar surface area (TPSA) is 60.2 Å². The summed E-state index contributed by atoms with van der Waals surface area (Å²) in [6.07, 6.45) is 5.78. The lowest BCUT2D eigenvalue weighted by atomic mass is 9.76. The second-order valence-electron chi connectivity index (χ2n) is 8.29. The Balaban J connectivity index is 1.68. The Morgan fingerprint density at radius 3 is 2.66 bits per heavy atom. The molecule has 3 nitrogen and oxygen atoms in total. The van der Waals surface area contributed by atoms with Gasteiger partial charge in [0.25, 0.3) is 0 Å². The first-order valence-corrected chi connectivity index (χ1v) is 12.5. The van der Waals surface area contributed by atoms with Gasteiger partial charge in [0, 0.05) is 17.7 Å². The fraction of sp³-hybridized carbons (Fsp3) is 0.500. The number of rotatable bonds is 9. The maximum atomic E-state index is 13.6. The van der Waals surface area contributed by atoms with Crippen molar-refractivity contribution in [3.63, 3.8) is 0 Å². The van der Waals surface area contributed by atoms with Gasteiger partial charge in [-0.1, -0.05) is 37.3 Å². The van der Waals surface area contributed by atoms with Crippen LogP contribution in [0.1, 0.15) is 60.8 Å². The van der Waals surface area contributed by atoms with E-state index in [0.29, 0.717) is 12.8 Å². The molecule has 2 aromatic rings. The van der Waals surface area contributed by atoms with Gasteiger partial charge in [-0.05, 0) is 79.3 Å². The lowest BCUT2D eigenvalue weighted by Gasteiger charge is -2.32. The molecule has 0 radical (unpaired) electrons. The van der Waals surface area contributed by atoms with Gasteiger partial charge in [0.1, 0.15) is 15.7 Å². The summed E-state index contributed by atoms with van der Waals surface area (Å²) in [5.74, 6) is 0.536. The highest BCUT2D eigenvalue weighted by molar-refractivity contribution is 7.91. The standard InChI is InChI=1S/C24H32FNO2S/c1-2-13-29(27,28)14-4-3-6-18-9-10-20-11-12-24(26)23(22(20)16-18)17-19-7-5-8-21(25)15-19/h5,7-10,15-16,23-24H,2-4,6,11-14,17,26H2,1H3. The predicted molar refractivity (Wildman–Crippen MR) is 117 cm³/mol. The number of benzene rings is 2. The molecular weight excluding hydrogens is 385 g/mol. The van der Waals surface area contributed by atoms with Crippen molar-refractivity contribution in [2.24, 2.45) is 5.73 Å². The van der Waals surface area contributed by atoms with E-state index in [-0.39, 0.29) is 29.3 Å². The van der Waals surface area contributed by atoms with Crippen molar-refractivity contribution in [3.05, 3.63) is 70.5 Å².